The highest BCUT2D eigenvalue weighted by molar-refractivity contribution is 4.82. The monoisotopic (exact) mass is 209 g/mol. The summed E-state index contributed by atoms with van der Waals surface area (Å²) in [7, 11) is 0. The van der Waals surface area contributed by atoms with Crippen LogP contribution in [0.4, 0.5) is 13.2 Å². The van der Waals surface area contributed by atoms with Gasteiger partial charge in [-0.05, 0) is 18.3 Å². The van der Waals surface area contributed by atoms with E-state index >= 15 is 0 Å². The summed E-state index contributed by atoms with van der Waals surface area (Å²) in [5.41, 5.74) is 5.60. The Kier molecular flexibility index (Phi) is 3.81. The Hall–Kier alpha value is -0.250. The van der Waals surface area contributed by atoms with E-state index in [-0.39, 0.29) is 5.92 Å². The van der Waals surface area contributed by atoms with E-state index in [2.05, 4.69) is 0 Å². The van der Waals surface area contributed by atoms with Crippen LogP contribution in [-0.2, 0) is 0 Å². The topological polar surface area (TPSA) is 26.0 Å². The molecule has 0 amide bonds. The second-order valence-electron chi connectivity index (χ2n) is 4.41. The molecule has 0 heterocycles. The van der Waals surface area contributed by atoms with Crippen molar-refractivity contribution in [2.24, 2.45) is 17.6 Å². The third-order valence-electron chi connectivity index (χ3n) is 3.19. The Morgan fingerprint density at radius 1 is 1.29 bits per heavy atom. The van der Waals surface area contributed by atoms with Crippen LogP contribution in [0.25, 0.3) is 0 Å². The molecule has 0 saturated heterocycles. The lowest BCUT2D eigenvalue weighted by molar-refractivity contribution is -0.142. The zero-order valence-corrected chi connectivity index (χ0v) is 8.48. The molecule has 1 fully saturated rings. The minimum atomic E-state index is -4.11. The minimum Gasteiger partial charge on any atom is -0.327 e. The first-order valence-corrected chi connectivity index (χ1v) is 5.22. The van der Waals surface area contributed by atoms with E-state index in [0.29, 0.717) is 5.92 Å². The maximum Gasteiger partial charge on any atom is 0.390 e. The van der Waals surface area contributed by atoms with Gasteiger partial charge in [-0.25, -0.2) is 0 Å². The maximum atomic E-state index is 12.1. The molecule has 0 aromatic heterocycles. The van der Waals surface area contributed by atoms with Crippen LogP contribution in [-0.4, -0.2) is 12.2 Å². The molecule has 1 rings (SSSR count). The van der Waals surface area contributed by atoms with E-state index in [1.165, 1.54) is 0 Å². The van der Waals surface area contributed by atoms with Gasteiger partial charge >= 0.3 is 6.18 Å². The third kappa shape index (κ3) is 3.48. The molecule has 1 saturated carbocycles. The van der Waals surface area contributed by atoms with Crippen LogP contribution in [0.3, 0.4) is 0 Å². The SMILES string of the molecule is CC1CCCCC1[C@@H](N)CC(F)(F)F. The Morgan fingerprint density at radius 2 is 1.86 bits per heavy atom. The number of hydrogen-bond acceptors (Lipinski definition) is 1. The molecule has 0 bridgehead atoms. The molecule has 3 atom stereocenters. The molecular formula is C10H18F3N. The van der Waals surface area contributed by atoms with Gasteiger partial charge in [-0.2, -0.15) is 13.2 Å². The number of halogens is 3. The van der Waals surface area contributed by atoms with Gasteiger partial charge < -0.3 is 5.73 Å². The molecule has 4 heteroatoms. The second-order valence-corrected chi connectivity index (χ2v) is 4.41. The summed E-state index contributed by atoms with van der Waals surface area (Å²) in [6.07, 6.45) is -0.899. The molecule has 0 aliphatic heterocycles. The van der Waals surface area contributed by atoms with Crippen molar-refractivity contribution in [1.29, 1.82) is 0 Å². The fourth-order valence-electron chi connectivity index (χ4n) is 2.40. The van der Waals surface area contributed by atoms with Gasteiger partial charge in [-0.15, -0.1) is 0 Å². The lowest BCUT2D eigenvalue weighted by Crippen LogP contribution is -2.39. The smallest absolute Gasteiger partial charge is 0.327 e. The lowest BCUT2D eigenvalue weighted by Gasteiger charge is -2.33. The first-order chi connectivity index (χ1) is 6.40. The normalized spacial score (nSPS) is 31.5. The van der Waals surface area contributed by atoms with Gasteiger partial charge in [0.1, 0.15) is 0 Å². The Morgan fingerprint density at radius 3 is 2.36 bits per heavy atom. The van der Waals surface area contributed by atoms with Crippen LogP contribution in [0.1, 0.15) is 39.0 Å². The lowest BCUT2D eigenvalue weighted by atomic mass is 9.75. The Labute approximate surface area is 82.9 Å². The van der Waals surface area contributed by atoms with Gasteiger partial charge in [0, 0.05) is 6.04 Å². The van der Waals surface area contributed by atoms with Crippen molar-refractivity contribution in [2.45, 2.75) is 51.2 Å². The van der Waals surface area contributed by atoms with Gasteiger partial charge in [0.25, 0.3) is 0 Å². The van der Waals surface area contributed by atoms with Crippen molar-refractivity contribution in [3.05, 3.63) is 0 Å². The third-order valence-corrected chi connectivity index (χ3v) is 3.19. The van der Waals surface area contributed by atoms with E-state index < -0.39 is 18.6 Å². The summed E-state index contributed by atoms with van der Waals surface area (Å²) >= 11 is 0. The van der Waals surface area contributed by atoms with Crippen LogP contribution >= 0.6 is 0 Å². The van der Waals surface area contributed by atoms with Crippen LogP contribution in [0.15, 0.2) is 0 Å². The summed E-state index contributed by atoms with van der Waals surface area (Å²) in [6, 6.07) is -0.703. The standard InChI is InChI=1S/C10H18F3N/c1-7-4-2-3-5-8(7)9(14)6-10(11,12)13/h7-9H,2-6,14H2,1H3/t7?,8?,9-/m0/s1. The molecule has 14 heavy (non-hydrogen) atoms. The van der Waals surface area contributed by atoms with E-state index in [0.717, 1.165) is 25.7 Å². The largest absolute Gasteiger partial charge is 0.390 e. The second kappa shape index (κ2) is 4.51. The van der Waals surface area contributed by atoms with Crippen molar-refractivity contribution in [1.82, 2.24) is 0 Å². The molecule has 2 unspecified atom stereocenters. The van der Waals surface area contributed by atoms with Gasteiger partial charge in [-0.1, -0.05) is 26.2 Å². The Balaban J connectivity index is 2.46. The molecule has 0 aromatic carbocycles. The minimum absolute atomic E-state index is 0.0605. The van der Waals surface area contributed by atoms with E-state index in [1.54, 1.807) is 0 Å². The summed E-state index contributed by atoms with van der Waals surface area (Å²) in [5.74, 6) is 0.409. The highest BCUT2D eigenvalue weighted by Gasteiger charge is 2.36. The number of nitrogens with two attached hydrogens (primary N) is 1. The van der Waals surface area contributed by atoms with Gasteiger partial charge in [0.2, 0.25) is 0 Å². The van der Waals surface area contributed by atoms with Gasteiger partial charge in [-0.3, -0.25) is 0 Å². The van der Waals surface area contributed by atoms with Crippen molar-refractivity contribution in [2.75, 3.05) is 0 Å². The van der Waals surface area contributed by atoms with Crippen LogP contribution in [0.2, 0.25) is 0 Å². The molecule has 2 N–H and O–H groups in total. The summed E-state index contributed by atoms with van der Waals surface area (Å²) < 4.78 is 36.3. The average Bonchev–Trinajstić information content (AvgIpc) is 2.01. The fraction of sp³-hybridized carbons (Fsp3) is 1.00. The molecule has 1 aliphatic rings. The number of hydrogen-bond donors (Lipinski definition) is 1. The molecule has 1 aliphatic carbocycles. The molecule has 0 radical (unpaired) electrons. The molecule has 0 aromatic rings. The van der Waals surface area contributed by atoms with Crippen molar-refractivity contribution < 1.29 is 13.2 Å². The highest BCUT2D eigenvalue weighted by Crippen LogP contribution is 2.34. The maximum absolute atomic E-state index is 12.1. The predicted molar refractivity (Wildman–Crippen MR) is 49.8 cm³/mol. The van der Waals surface area contributed by atoms with Gasteiger partial charge in [0.15, 0.2) is 0 Å². The van der Waals surface area contributed by atoms with E-state index in [1.807, 2.05) is 6.92 Å². The van der Waals surface area contributed by atoms with Crippen LogP contribution < -0.4 is 5.73 Å². The first kappa shape index (κ1) is 11.8. The number of rotatable bonds is 2. The quantitative estimate of drug-likeness (QED) is 0.743. The van der Waals surface area contributed by atoms with E-state index in [4.69, 9.17) is 5.73 Å². The average molecular weight is 209 g/mol. The summed E-state index contributed by atoms with van der Waals surface area (Å²) in [6.45, 7) is 2.01. The van der Waals surface area contributed by atoms with E-state index in [9.17, 15) is 13.2 Å². The number of alkyl halides is 3. The zero-order valence-electron chi connectivity index (χ0n) is 8.48. The summed E-state index contributed by atoms with van der Waals surface area (Å²) in [5, 5.41) is 0. The molecule has 84 valence electrons. The fourth-order valence-corrected chi connectivity index (χ4v) is 2.40. The zero-order chi connectivity index (χ0) is 10.8. The predicted octanol–water partition coefficient (Wildman–Crippen LogP) is 3.09. The summed E-state index contributed by atoms with van der Waals surface area (Å²) in [4.78, 5) is 0. The molecular weight excluding hydrogens is 191 g/mol. The molecule has 0 spiro atoms. The van der Waals surface area contributed by atoms with Crippen LogP contribution in [0.5, 0.6) is 0 Å². The van der Waals surface area contributed by atoms with Crippen molar-refractivity contribution in [3.8, 4) is 0 Å². The Bertz CT molecular complexity index is 179. The van der Waals surface area contributed by atoms with Crippen molar-refractivity contribution >= 4 is 0 Å². The highest BCUT2D eigenvalue weighted by atomic mass is 19.4. The van der Waals surface area contributed by atoms with Crippen molar-refractivity contribution in [3.63, 3.8) is 0 Å². The molecule has 1 nitrogen and oxygen atoms in total. The first-order valence-electron chi connectivity index (χ1n) is 5.22. The van der Waals surface area contributed by atoms with Crippen LogP contribution in [0, 0.1) is 11.8 Å². The van der Waals surface area contributed by atoms with Gasteiger partial charge in [0.05, 0.1) is 6.42 Å².